The van der Waals surface area contributed by atoms with Crippen LogP contribution in [0.1, 0.15) is 43.1 Å². The average molecular weight is 412 g/mol. The standard InChI is InChI=1S/C22H24N2O6/c1-13(2)20(24-21(26)17-9-6-10-28-17)22(27)29-12-19(25)23-14(3)18-11-15-7-4-5-8-16(15)30-18/h4-11,13-14,20H,12H2,1-3H3,(H,23,25)(H,24,26)/t14-,20+/m1/s1. The number of esters is 1. The third-order valence-corrected chi connectivity index (χ3v) is 4.55. The first-order valence-corrected chi connectivity index (χ1v) is 9.64. The Morgan fingerprint density at radius 2 is 1.80 bits per heavy atom. The molecule has 3 rings (SSSR count). The lowest BCUT2D eigenvalue weighted by atomic mass is 10.0. The van der Waals surface area contributed by atoms with Gasteiger partial charge in [0, 0.05) is 5.39 Å². The molecule has 0 saturated carbocycles. The van der Waals surface area contributed by atoms with Gasteiger partial charge in [-0.1, -0.05) is 32.0 Å². The minimum absolute atomic E-state index is 0.0888. The monoisotopic (exact) mass is 412 g/mol. The van der Waals surface area contributed by atoms with Crippen LogP contribution >= 0.6 is 0 Å². The maximum absolute atomic E-state index is 12.4. The number of hydrogen-bond acceptors (Lipinski definition) is 6. The van der Waals surface area contributed by atoms with Gasteiger partial charge in [0.1, 0.15) is 17.4 Å². The normalized spacial score (nSPS) is 13.1. The van der Waals surface area contributed by atoms with E-state index in [0.29, 0.717) is 5.76 Å². The fraction of sp³-hybridized carbons (Fsp3) is 0.318. The van der Waals surface area contributed by atoms with E-state index in [1.54, 1.807) is 26.8 Å². The van der Waals surface area contributed by atoms with Crippen LogP contribution in [0.15, 0.2) is 57.6 Å². The Morgan fingerprint density at radius 1 is 1.03 bits per heavy atom. The van der Waals surface area contributed by atoms with Crippen LogP contribution in [-0.4, -0.2) is 30.4 Å². The molecule has 0 saturated heterocycles. The number of hydrogen-bond donors (Lipinski definition) is 2. The van der Waals surface area contributed by atoms with E-state index in [9.17, 15) is 14.4 Å². The number of amides is 2. The van der Waals surface area contributed by atoms with Gasteiger partial charge in [0.2, 0.25) is 0 Å². The van der Waals surface area contributed by atoms with Crippen molar-refractivity contribution in [2.24, 2.45) is 5.92 Å². The second-order valence-corrected chi connectivity index (χ2v) is 7.26. The van der Waals surface area contributed by atoms with E-state index >= 15 is 0 Å². The summed E-state index contributed by atoms with van der Waals surface area (Å²) in [6.45, 7) is 4.83. The van der Waals surface area contributed by atoms with Gasteiger partial charge in [-0.05, 0) is 37.1 Å². The Hall–Kier alpha value is -3.55. The van der Waals surface area contributed by atoms with Crippen molar-refractivity contribution in [2.75, 3.05) is 6.61 Å². The topological polar surface area (TPSA) is 111 Å². The minimum Gasteiger partial charge on any atom is -0.459 e. The lowest BCUT2D eigenvalue weighted by molar-refractivity contribution is -0.151. The SMILES string of the molecule is CC(C)[C@H](NC(=O)c1ccco1)C(=O)OCC(=O)N[C@H](C)c1cc2ccccc2o1. The lowest BCUT2D eigenvalue weighted by Gasteiger charge is -2.20. The van der Waals surface area contributed by atoms with E-state index in [4.69, 9.17) is 13.6 Å². The fourth-order valence-electron chi connectivity index (χ4n) is 2.91. The van der Waals surface area contributed by atoms with Crippen molar-refractivity contribution in [3.05, 3.63) is 60.2 Å². The lowest BCUT2D eigenvalue weighted by Crippen LogP contribution is -2.46. The molecule has 2 amide bonds. The maximum Gasteiger partial charge on any atom is 0.329 e. The van der Waals surface area contributed by atoms with E-state index in [2.05, 4.69) is 10.6 Å². The highest BCUT2D eigenvalue weighted by molar-refractivity contribution is 5.94. The summed E-state index contributed by atoms with van der Waals surface area (Å²) in [4.78, 5) is 36.8. The first kappa shape index (κ1) is 21.2. The van der Waals surface area contributed by atoms with Crippen LogP contribution in [0.5, 0.6) is 0 Å². The van der Waals surface area contributed by atoms with E-state index in [-0.39, 0.29) is 11.7 Å². The highest BCUT2D eigenvalue weighted by Gasteiger charge is 2.27. The van der Waals surface area contributed by atoms with E-state index in [0.717, 1.165) is 11.0 Å². The maximum atomic E-state index is 12.4. The number of para-hydroxylation sites is 1. The van der Waals surface area contributed by atoms with Crippen molar-refractivity contribution in [1.82, 2.24) is 10.6 Å². The van der Waals surface area contributed by atoms with E-state index in [1.165, 1.54) is 12.3 Å². The van der Waals surface area contributed by atoms with Crippen LogP contribution in [-0.2, 0) is 14.3 Å². The van der Waals surface area contributed by atoms with Gasteiger partial charge >= 0.3 is 5.97 Å². The van der Waals surface area contributed by atoms with Gasteiger partial charge in [-0.2, -0.15) is 0 Å². The highest BCUT2D eigenvalue weighted by Crippen LogP contribution is 2.23. The van der Waals surface area contributed by atoms with Gasteiger partial charge in [-0.3, -0.25) is 9.59 Å². The summed E-state index contributed by atoms with van der Waals surface area (Å²) in [5.74, 6) is -1.26. The molecule has 0 aliphatic carbocycles. The van der Waals surface area contributed by atoms with E-state index in [1.807, 2.05) is 30.3 Å². The van der Waals surface area contributed by atoms with Crippen LogP contribution in [0.4, 0.5) is 0 Å². The molecule has 3 aromatic rings. The molecule has 158 valence electrons. The summed E-state index contributed by atoms with van der Waals surface area (Å²) in [5.41, 5.74) is 0.729. The molecule has 1 aromatic carbocycles. The zero-order valence-electron chi connectivity index (χ0n) is 17.0. The number of fused-ring (bicyclic) bond motifs is 1. The molecule has 2 heterocycles. The van der Waals surface area contributed by atoms with E-state index < -0.39 is 36.5 Å². The van der Waals surface area contributed by atoms with Gasteiger partial charge < -0.3 is 24.2 Å². The first-order valence-electron chi connectivity index (χ1n) is 9.64. The van der Waals surface area contributed by atoms with Crippen molar-refractivity contribution in [3.63, 3.8) is 0 Å². The molecular formula is C22H24N2O6. The number of nitrogens with one attached hydrogen (secondary N) is 2. The van der Waals surface area contributed by atoms with Gasteiger partial charge in [0.15, 0.2) is 12.4 Å². The number of carbonyl (C=O) groups excluding carboxylic acids is 3. The molecule has 0 unspecified atom stereocenters. The molecule has 2 N–H and O–H groups in total. The number of furan rings is 2. The van der Waals surface area contributed by atoms with Crippen molar-refractivity contribution < 1.29 is 28.0 Å². The molecule has 0 aliphatic rings. The molecule has 0 bridgehead atoms. The Kier molecular flexibility index (Phi) is 6.56. The van der Waals surface area contributed by atoms with Crippen molar-refractivity contribution >= 4 is 28.8 Å². The predicted molar refractivity (Wildman–Crippen MR) is 109 cm³/mol. The quantitative estimate of drug-likeness (QED) is 0.550. The number of ether oxygens (including phenoxy) is 1. The molecule has 0 radical (unpaired) electrons. The Balaban J connectivity index is 1.52. The summed E-state index contributed by atoms with van der Waals surface area (Å²) in [7, 11) is 0. The Bertz CT molecular complexity index is 988. The fourth-order valence-corrected chi connectivity index (χ4v) is 2.91. The minimum atomic E-state index is -0.914. The van der Waals surface area contributed by atoms with Crippen LogP contribution in [0.2, 0.25) is 0 Å². The van der Waals surface area contributed by atoms with Crippen LogP contribution in [0.25, 0.3) is 11.0 Å². The smallest absolute Gasteiger partial charge is 0.329 e. The van der Waals surface area contributed by atoms with Crippen molar-refractivity contribution in [1.29, 1.82) is 0 Å². The second kappa shape index (κ2) is 9.30. The summed E-state index contributed by atoms with van der Waals surface area (Å²) in [6, 6.07) is 11.1. The molecule has 0 spiro atoms. The Labute approximate surface area is 173 Å². The second-order valence-electron chi connectivity index (χ2n) is 7.26. The Morgan fingerprint density at radius 3 is 2.47 bits per heavy atom. The average Bonchev–Trinajstić information content (AvgIpc) is 3.39. The zero-order valence-corrected chi connectivity index (χ0v) is 17.0. The van der Waals surface area contributed by atoms with Crippen LogP contribution < -0.4 is 10.6 Å². The van der Waals surface area contributed by atoms with Crippen molar-refractivity contribution in [3.8, 4) is 0 Å². The number of rotatable bonds is 8. The molecule has 2 atom stereocenters. The zero-order chi connectivity index (χ0) is 21.7. The summed E-state index contributed by atoms with van der Waals surface area (Å²) < 4.78 is 15.9. The molecule has 30 heavy (non-hydrogen) atoms. The van der Waals surface area contributed by atoms with Crippen LogP contribution in [0.3, 0.4) is 0 Å². The van der Waals surface area contributed by atoms with Gasteiger partial charge in [0.05, 0.1) is 12.3 Å². The first-order chi connectivity index (χ1) is 14.3. The molecule has 0 fully saturated rings. The summed E-state index contributed by atoms with van der Waals surface area (Å²) >= 11 is 0. The third kappa shape index (κ3) is 5.08. The summed E-state index contributed by atoms with van der Waals surface area (Å²) in [5, 5.41) is 6.24. The number of carbonyl (C=O) groups is 3. The van der Waals surface area contributed by atoms with Gasteiger partial charge in [-0.15, -0.1) is 0 Å². The molecular weight excluding hydrogens is 388 g/mol. The largest absolute Gasteiger partial charge is 0.459 e. The van der Waals surface area contributed by atoms with Gasteiger partial charge in [0.25, 0.3) is 11.8 Å². The molecule has 8 heteroatoms. The van der Waals surface area contributed by atoms with Crippen molar-refractivity contribution in [2.45, 2.75) is 32.9 Å². The third-order valence-electron chi connectivity index (χ3n) is 4.55. The predicted octanol–water partition coefficient (Wildman–Crippen LogP) is 3.20. The highest BCUT2D eigenvalue weighted by atomic mass is 16.5. The molecule has 0 aliphatic heterocycles. The van der Waals surface area contributed by atoms with Gasteiger partial charge in [-0.25, -0.2) is 4.79 Å². The summed E-state index contributed by atoms with van der Waals surface area (Å²) in [6.07, 6.45) is 1.37. The number of benzene rings is 1. The van der Waals surface area contributed by atoms with Crippen LogP contribution in [0, 0.1) is 5.92 Å². The molecule has 2 aromatic heterocycles. The molecule has 8 nitrogen and oxygen atoms in total.